The zero-order valence-corrected chi connectivity index (χ0v) is 15.4. The zero-order chi connectivity index (χ0) is 18.4. The molecular formula is C18H19FN4O3S. The molecule has 9 heteroatoms. The highest BCUT2D eigenvalue weighted by Crippen LogP contribution is 2.42. The first-order valence-corrected chi connectivity index (χ1v) is 9.76. The van der Waals surface area contributed by atoms with E-state index in [1.54, 1.807) is 12.1 Å². The van der Waals surface area contributed by atoms with Gasteiger partial charge in [0.05, 0.1) is 24.1 Å². The first-order valence-electron chi connectivity index (χ1n) is 8.94. The van der Waals surface area contributed by atoms with Crippen LogP contribution in [-0.4, -0.2) is 56.7 Å². The van der Waals surface area contributed by atoms with E-state index in [2.05, 4.69) is 15.0 Å². The number of rotatable bonds is 3. The SMILES string of the molecule is Oc1c(C(c2ccc(F)cc2)N2CCC3(CC2)OCCO3)sc2ncnn12. The average molecular weight is 390 g/mol. The third kappa shape index (κ3) is 2.91. The molecule has 1 aromatic carbocycles. The van der Waals surface area contributed by atoms with E-state index >= 15 is 0 Å². The number of halogens is 1. The van der Waals surface area contributed by atoms with Gasteiger partial charge in [-0.25, -0.2) is 9.37 Å². The molecule has 1 unspecified atom stereocenters. The van der Waals surface area contributed by atoms with Gasteiger partial charge in [0.1, 0.15) is 12.1 Å². The fourth-order valence-corrected chi connectivity index (χ4v) is 5.05. The molecule has 2 aliphatic rings. The first-order chi connectivity index (χ1) is 13.2. The van der Waals surface area contributed by atoms with Gasteiger partial charge in [-0.3, -0.25) is 4.90 Å². The van der Waals surface area contributed by atoms with Crippen LogP contribution in [0.15, 0.2) is 30.6 Å². The molecule has 0 saturated carbocycles. The summed E-state index contributed by atoms with van der Waals surface area (Å²) in [6.07, 6.45) is 2.93. The van der Waals surface area contributed by atoms with Gasteiger partial charge in [0, 0.05) is 25.9 Å². The van der Waals surface area contributed by atoms with E-state index in [9.17, 15) is 9.50 Å². The lowest BCUT2D eigenvalue weighted by Gasteiger charge is -2.41. The van der Waals surface area contributed by atoms with Crippen molar-refractivity contribution in [3.63, 3.8) is 0 Å². The maximum absolute atomic E-state index is 13.5. The van der Waals surface area contributed by atoms with Crippen LogP contribution in [0.1, 0.15) is 29.3 Å². The Kier molecular flexibility index (Phi) is 4.12. The quantitative estimate of drug-likeness (QED) is 0.741. The van der Waals surface area contributed by atoms with Crippen molar-refractivity contribution in [1.82, 2.24) is 19.5 Å². The lowest BCUT2D eigenvalue weighted by molar-refractivity contribution is -0.187. The normalized spacial score (nSPS) is 21.2. The van der Waals surface area contributed by atoms with Crippen LogP contribution < -0.4 is 0 Å². The van der Waals surface area contributed by atoms with Gasteiger partial charge < -0.3 is 14.6 Å². The van der Waals surface area contributed by atoms with E-state index in [1.807, 2.05) is 0 Å². The second-order valence-corrected chi connectivity index (χ2v) is 7.85. The molecule has 0 radical (unpaired) electrons. The van der Waals surface area contributed by atoms with Gasteiger partial charge in [0.2, 0.25) is 10.8 Å². The molecule has 0 amide bonds. The van der Waals surface area contributed by atoms with Gasteiger partial charge in [-0.2, -0.15) is 9.61 Å². The van der Waals surface area contributed by atoms with E-state index in [4.69, 9.17) is 9.47 Å². The predicted molar refractivity (Wildman–Crippen MR) is 96.2 cm³/mol. The van der Waals surface area contributed by atoms with E-state index in [0.29, 0.717) is 18.2 Å². The van der Waals surface area contributed by atoms with Crippen molar-refractivity contribution in [2.45, 2.75) is 24.7 Å². The van der Waals surface area contributed by atoms with Crippen LogP contribution in [0.3, 0.4) is 0 Å². The number of likely N-dealkylation sites (tertiary alicyclic amines) is 1. The van der Waals surface area contributed by atoms with Crippen LogP contribution in [0, 0.1) is 5.82 Å². The van der Waals surface area contributed by atoms with Crippen molar-refractivity contribution in [3.05, 3.63) is 46.9 Å². The van der Waals surface area contributed by atoms with E-state index in [0.717, 1.165) is 36.4 Å². The molecule has 1 atom stereocenters. The summed E-state index contributed by atoms with van der Waals surface area (Å²) in [6, 6.07) is 6.22. The maximum atomic E-state index is 13.5. The van der Waals surface area contributed by atoms with Crippen LogP contribution in [0.5, 0.6) is 5.88 Å². The molecule has 1 N–H and O–H groups in total. The average Bonchev–Trinajstić information content (AvgIpc) is 3.39. The molecule has 0 aliphatic carbocycles. The van der Waals surface area contributed by atoms with Crippen LogP contribution in [-0.2, 0) is 9.47 Å². The van der Waals surface area contributed by atoms with Crippen LogP contribution in [0.25, 0.3) is 4.96 Å². The Balaban J connectivity index is 1.51. The molecular weight excluding hydrogens is 371 g/mol. The topological polar surface area (TPSA) is 72.1 Å². The number of thiazole rings is 1. The summed E-state index contributed by atoms with van der Waals surface area (Å²) in [7, 11) is 0. The molecule has 2 aromatic heterocycles. The summed E-state index contributed by atoms with van der Waals surface area (Å²) >= 11 is 1.40. The summed E-state index contributed by atoms with van der Waals surface area (Å²) < 4.78 is 26.6. The Bertz CT molecular complexity index is 941. The number of fused-ring (bicyclic) bond motifs is 1. The van der Waals surface area contributed by atoms with Crippen molar-refractivity contribution in [1.29, 1.82) is 0 Å². The van der Waals surface area contributed by atoms with Crippen molar-refractivity contribution in [3.8, 4) is 5.88 Å². The zero-order valence-electron chi connectivity index (χ0n) is 14.5. The van der Waals surface area contributed by atoms with E-state index < -0.39 is 5.79 Å². The van der Waals surface area contributed by atoms with Crippen LogP contribution >= 0.6 is 11.3 Å². The molecule has 5 rings (SSSR count). The standard InChI is InChI=1S/C18H19FN4O3S/c19-13-3-1-12(2-4-13)14(15-16(24)23-17(27-15)20-11-21-23)22-7-5-18(6-8-22)25-9-10-26-18/h1-4,11,14,24H,5-10H2. The Hall–Kier alpha value is -2.07. The third-order valence-corrected chi connectivity index (χ3v) is 6.40. The number of ether oxygens (including phenoxy) is 2. The molecule has 4 heterocycles. The summed E-state index contributed by atoms with van der Waals surface area (Å²) in [5, 5.41) is 14.8. The first kappa shape index (κ1) is 17.1. The van der Waals surface area contributed by atoms with Crippen molar-refractivity contribution >= 4 is 16.3 Å². The number of aromatic hydroxyl groups is 1. The molecule has 0 bridgehead atoms. The number of piperidine rings is 1. The van der Waals surface area contributed by atoms with Gasteiger partial charge in [0.15, 0.2) is 5.79 Å². The van der Waals surface area contributed by atoms with Crippen LogP contribution in [0.4, 0.5) is 4.39 Å². The number of benzene rings is 1. The second-order valence-electron chi connectivity index (χ2n) is 6.84. The highest BCUT2D eigenvalue weighted by Gasteiger charge is 2.42. The fourth-order valence-electron chi connectivity index (χ4n) is 3.95. The van der Waals surface area contributed by atoms with Gasteiger partial charge >= 0.3 is 0 Å². The number of nitrogens with zero attached hydrogens (tertiary/aromatic N) is 4. The Morgan fingerprint density at radius 1 is 1.15 bits per heavy atom. The summed E-state index contributed by atoms with van der Waals surface area (Å²) in [5.41, 5.74) is 0.917. The van der Waals surface area contributed by atoms with E-state index in [-0.39, 0.29) is 17.7 Å². The molecule has 142 valence electrons. The minimum atomic E-state index is -0.475. The highest BCUT2D eigenvalue weighted by atomic mass is 32.1. The van der Waals surface area contributed by atoms with E-state index in [1.165, 1.54) is 34.3 Å². The van der Waals surface area contributed by atoms with Crippen molar-refractivity contribution in [2.75, 3.05) is 26.3 Å². The van der Waals surface area contributed by atoms with Gasteiger partial charge in [-0.05, 0) is 17.7 Å². The minimum absolute atomic E-state index is 0.0791. The van der Waals surface area contributed by atoms with Crippen molar-refractivity contribution < 1.29 is 19.0 Å². The molecule has 2 aliphatic heterocycles. The molecule has 27 heavy (non-hydrogen) atoms. The van der Waals surface area contributed by atoms with Crippen molar-refractivity contribution in [2.24, 2.45) is 0 Å². The lowest BCUT2D eigenvalue weighted by Crippen LogP contribution is -2.46. The Morgan fingerprint density at radius 2 is 1.85 bits per heavy atom. The third-order valence-electron chi connectivity index (χ3n) is 5.31. The summed E-state index contributed by atoms with van der Waals surface area (Å²) in [6.45, 7) is 2.76. The molecule has 7 nitrogen and oxygen atoms in total. The summed E-state index contributed by atoms with van der Waals surface area (Å²) in [5.74, 6) is -0.678. The predicted octanol–water partition coefficient (Wildman–Crippen LogP) is 2.56. The number of hydrogen-bond donors (Lipinski definition) is 1. The second kappa shape index (κ2) is 6.52. The molecule has 1 spiro atoms. The smallest absolute Gasteiger partial charge is 0.230 e. The summed E-state index contributed by atoms with van der Waals surface area (Å²) in [4.78, 5) is 7.84. The minimum Gasteiger partial charge on any atom is -0.492 e. The molecule has 2 fully saturated rings. The van der Waals surface area contributed by atoms with Gasteiger partial charge in [0.25, 0.3) is 0 Å². The largest absolute Gasteiger partial charge is 0.492 e. The van der Waals surface area contributed by atoms with Gasteiger partial charge in [-0.1, -0.05) is 23.5 Å². The molecule has 3 aromatic rings. The Morgan fingerprint density at radius 3 is 2.52 bits per heavy atom. The van der Waals surface area contributed by atoms with Gasteiger partial charge in [-0.15, -0.1) is 0 Å². The fraction of sp³-hybridized carbons (Fsp3) is 0.444. The maximum Gasteiger partial charge on any atom is 0.230 e. The number of hydrogen-bond acceptors (Lipinski definition) is 7. The highest BCUT2D eigenvalue weighted by molar-refractivity contribution is 7.17. The monoisotopic (exact) mass is 390 g/mol. The lowest BCUT2D eigenvalue weighted by atomic mass is 9.97. The Labute approximate surface area is 159 Å². The molecule has 2 saturated heterocycles. The number of aromatic nitrogens is 3. The van der Waals surface area contributed by atoms with Crippen LogP contribution in [0.2, 0.25) is 0 Å².